The third kappa shape index (κ3) is 5.04. The predicted molar refractivity (Wildman–Crippen MR) is 92.7 cm³/mol. The highest BCUT2D eigenvalue weighted by molar-refractivity contribution is 14.1. The zero-order chi connectivity index (χ0) is 16.7. The number of hydrogen-bond acceptors (Lipinski definition) is 5. The summed E-state index contributed by atoms with van der Waals surface area (Å²) in [5.74, 6) is -0.522. The molecule has 0 aliphatic heterocycles. The summed E-state index contributed by atoms with van der Waals surface area (Å²) in [5, 5.41) is 0. The molecule has 0 N–H and O–H groups in total. The molecule has 120 valence electrons. The lowest BCUT2D eigenvalue weighted by atomic mass is 10.2. The van der Waals surface area contributed by atoms with E-state index in [0.717, 1.165) is 3.57 Å². The van der Waals surface area contributed by atoms with Gasteiger partial charge in [0.1, 0.15) is 12.4 Å². The molecule has 0 aliphatic rings. The van der Waals surface area contributed by atoms with Crippen LogP contribution in [0.3, 0.4) is 0 Å². The second kappa shape index (κ2) is 8.64. The van der Waals surface area contributed by atoms with Crippen molar-refractivity contribution in [3.8, 4) is 5.75 Å². The summed E-state index contributed by atoms with van der Waals surface area (Å²) < 4.78 is 15.9. The number of ether oxygens (including phenoxy) is 3. The minimum atomic E-state index is -0.447. The normalized spacial score (nSPS) is 10.2. The summed E-state index contributed by atoms with van der Waals surface area (Å²) in [6.07, 6.45) is 0. The van der Waals surface area contributed by atoms with Crippen molar-refractivity contribution in [2.24, 2.45) is 0 Å². The Morgan fingerprint density at radius 2 is 1.65 bits per heavy atom. The van der Waals surface area contributed by atoms with Crippen LogP contribution in [0, 0.1) is 3.57 Å². The van der Waals surface area contributed by atoms with E-state index in [-0.39, 0.29) is 6.61 Å². The lowest BCUT2D eigenvalue weighted by Gasteiger charge is -2.07. The van der Waals surface area contributed by atoms with Gasteiger partial charge in [-0.15, -0.1) is 0 Å². The van der Waals surface area contributed by atoms with Crippen molar-refractivity contribution < 1.29 is 23.8 Å². The van der Waals surface area contributed by atoms with Crippen LogP contribution < -0.4 is 4.74 Å². The molecule has 0 unspecified atom stereocenters. The monoisotopic (exact) mass is 426 g/mol. The molecule has 2 aromatic rings. The van der Waals surface area contributed by atoms with Gasteiger partial charge in [0, 0.05) is 10.7 Å². The summed E-state index contributed by atoms with van der Waals surface area (Å²) in [5.41, 5.74) is 0.881. The number of carbonyl (C=O) groups is 2. The highest BCUT2D eigenvalue weighted by Crippen LogP contribution is 2.17. The quantitative estimate of drug-likeness (QED) is 0.307. The topological polar surface area (TPSA) is 61.8 Å². The Morgan fingerprint density at radius 3 is 2.30 bits per heavy atom. The van der Waals surface area contributed by atoms with E-state index in [9.17, 15) is 9.59 Å². The Labute approximate surface area is 147 Å². The zero-order valence-corrected chi connectivity index (χ0v) is 14.6. The summed E-state index contributed by atoms with van der Waals surface area (Å²) >= 11 is 2.08. The van der Waals surface area contributed by atoms with Gasteiger partial charge in [-0.05, 0) is 59.0 Å². The Balaban J connectivity index is 1.99. The van der Waals surface area contributed by atoms with Crippen LogP contribution in [0.5, 0.6) is 5.75 Å². The molecule has 2 aromatic carbocycles. The van der Waals surface area contributed by atoms with Gasteiger partial charge < -0.3 is 14.2 Å². The summed E-state index contributed by atoms with van der Waals surface area (Å²) in [6.45, 7) is 0.537. The number of benzene rings is 2. The molecule has 23 heavy (non-hydrogen) atoms. The predicted octanol–water partition coefficient (Wildman–Crippen LogP) is 3.31. The fourth-order valence-corrected chi connectivity index (χ4v) is 2.36. The fraction of sp³-hybridized carbons (Fsp3) is 0.176. The van der Waals surface area contributed by atoms with Crippen LogP contribution in [-0.4, -0.2) is 32.3 Å². The molecule has 5 nitrogen and oxygen atoms in total. The van der Waals surface area contributed by atoms with Crippen molar-refractivity contribution in [1.29, 1.82) is 0 Å². The lowest BCUT2D eigenvalue weighted by molar-refractivity contribution is 0.0388. The second-order valence-corrected chi connectivity index (χ2v) is 5.68. The van der Waals surface area contributed by atoms with Crippen molar-refractivity contribution >= 4 is 34.5 Å². The van der Waals surface area contributed by atoms with Gasteiger partial charge in [0.2, 0.25) is 0 Å². The van der Waals surface area contributed by atoms with Gasteiger partial charge in [-0.25, -0.2) is 9.59 Å². The van der Waals surface area contributed by atoms with E-state index in [2.05, 4.69) is 22.6 Å². The molecule has 0 saturated heterocycles. The van der Waals surface area contributed by atoms with Gasteiger partial charge in [0.25, 0.3) is 0 Å². The second-order valence-electron chi connectivity index (χ2n) is 4.52. The fourth-order valence-electron chi connectivity index (χ4n) is 1.75. The van der Waals surface area contributed by atoms with Crippen LogP contribution in [0.2, 0.25) is 0 Å². The number of methoxy groups -OCH3 is 1. The van der Waals surface area contributed by atoms with E-state index >= 15 is 0 Å². The van der Waals surface area contributed by atoms with Crippen molar-refractivity contribution in [3.63, 3.8) is 0 Å². The molecule has 0 fully saturated rings. The molecule has 0 bridgehead atoms. The van der Waals surface area contributed by atoms with Crippen molar-refractivity contribution in [3.05, 3.63) is 63.2 Å². The Hall–Kier alpha value is -1.93. The number of esters is 2. The Bertz CT molecular complexity index is 682. The molecule has 0 atom stereocenters. The van der Waals surface area contributed by atoms with Crippen molar-refractivity contribution in [1.82, 2.24) is 0 Å². The van der Waals surface area contributed by atoms with E-state index < -0.39 is 11.9 Å². The first-order chi connectivity index (χ1) is 11.1. The average molecular weight is 426 g/mol. The van der Waals surface area contributed by atoms with Gasteiger partial charge in [0.05, 0.1) is 17.7 Å². The third-order valence-corrected chi connectivity index (χ3v) is 3.86. The maximum Gasteiger partial charge on any atom is 0.344 e. The molecule has 2 rings (SSSR count). The van der Waals surface area contributed by atoms with E-state index in [4.69, 9.17) is 14.2 Å². The Morgan fingerprint density at radius 1 is 0.957 bits per heavy atom. The smallest absolute Gasteiger partial charge is 0.344 e. The highest BCUT2D eigenvalue weighted by atomic mass is 127. The summed E-state index contributed by atoms with van der Waals surface area (Å²) in [4.78, 5) is 23.8. The van der Waals surface area contributed by atoms with Gasteiger partial charge in [-0.2, -0.15) is 0 Å². The van der Waals surface area contributed by atoms with Crippen LogP contribution in [0.1, 0.15) is 20.7 Å². The minimum absolute atomic E-state index is 0.193. The van der Waals surface area contributed by atoms with Gasteiger partial charge >= 0.3 is 11.9 Å². The highest BCUT2D eigenvalue weighted by Gasteiger charge is 2.13. The van der Waals surface area contributed by atoms with Gasteiger partial charge in [0.15, 0.2) is 0 Å². The molecule has 0 aromatic heterocycles. The number of carbonyl (C=O) groups excluding carboxylic acids is 2. The molecular weight excluding hydrogens is 411 g/mol. The molecule has 0 amide bonds. The SMILES string of the molecule is COCCOC(=O)c1ccc(OC(=O)c2ccccc2I)cc1. The standard InChI is InChI=1S/C17H15IO5/c1-21-10-11-22-16(19)12-6-8-13(9-7-12)23-17(20)14-4-2-3-5-15(14)18/h2-9H,10-11H2,1H3. The molecular formula is C17H15IO5. The number of hydrogen-bond donors (Lipinski definition) is 0. The maximum atomic E-state index is 12.1. The van der Waals surface area contributed by atoms with E-state index in [1.165, 1.54) is 7.11 Å². The first kappa shape index (κ1) is 17.4. The zero-order valence-electron chi connectivity index (χ0n) is 12.5. The van der Waals surface area contributed by atoms with Crippen LogP contribution in [-0.2, 0) is 9.47 Å². The first-order valence-corrected chi connectivity index (χ1v) is 7.92. The first-order valence-electron chi connectivity index (χ1n) is 6.84. The third-order valence-electron chi connectivity index (χ3n) is 2.91. The van der Waals surface area contributed by atoms with Crippen molar-refractivity contribution in [2.45, 2.75) is 0 Å². The number of rotatable bonds is 6. The van der Waals surface area contributed by atoms with Crippen LogP contribution in [0.15, 0.2) is 48.5 Å². The van der Waals surface area contributed by atoms with E-state index in [0.29, 0.717) is 23.5 Å². The van der Waals surface area contributed by atoms with Crippen LogP contribution in [0.25, 0.3) is 0 Å². The Kier molecular flexibility index (Phi) is 6.54. The van der Waals surface area contributed by atoms with Crippen LogP contribution >= 0.6 is 22.6 Å². The molecule has 0 spiro atoms. The average Bonchev–Trinajstić information content (AvgIpc) is 2.56. The minimum Gasteiger partial charge on any atom is -0.460 e. The maximum absolute atomic E-state index is 12.1. The molecule has 0 radical (unpaired) electrons. The largest absolute Gasteiger partial charge is 0.460 e. The number of halogens is 1. The molecule has 0 aliphatic carbocycles. The summed E-state index contributed by atoms with van der Waals surface area (Å²) in [6, 6.07) is 13.4. The van der Waals surface area contributed by atoms with Crippen LogP contribution in [0.4, 0.5) is 0 Å². The van der Waals surface area contributed by atoms with E-state index in [1.807, 2.05) is 12.1 Å². The molecule has 0 heterocycles. The lowest BCUT2D eigenvalue weighted by Crippen LogP contribution is -2.11. The van der Waals surface area contributed by atoms with Gasteiger partial charge in [-0.1, -0.05) is 12.1 Å². The molecule has 6 heteroatoms. The summed E-state index contributed by atoms with van der Waals surface area (Å²) in [7, 11) is 1.53. The van der Waals surface area contributed by atoms with Crippen molar-refractivity contribution in [2.75, 3.05) is 20.3 Å². The van der Waals surface area contributed by atoms with Gasteiger partial charge in [-0.3, -0.25) is 0 Å². The molecule has 0 saturated carbocycles. The van der Waals surface area contributed by atoms with E-state index in [1.54, 1.807) is 36.4 Å².